The summed E-state index contributed by atoms with van der Waals surface area (Å²) in [5.41, 5.74) is 0.907. The van der Waals surface area contributed by atoms with Gasteiger partial charge in [-0.05, 0) is 17.7 Å². The van der Waals surface area contributed by atoms with Crippen molar-refractivity contribution in [2.24, 2.45) is 0 Å². The fourth-order valence-corrected chi connectivity index (χ4v) is 3.50. The minimum absolute atomic E-state index is 0.225. The van der Waals surface area contributed by atoms with Gasteiger partial charge in [0.05, 0.1) is 10.3 Å². The van der Waals surface area contributed by atoms with Gasteiger partial charge < -0.3 is 0 Å². The number of hydrogen-bond acceptors (Lipinski definition) is 2. The lowest BCUT2D eigenvalue weighted by Gasteiger charge is -2.20. The third kappa shape index (κ3) is 3.39. The van der Waals surface area contributed by atoms with E-state index in [1.165, 1.54) is 4.31 Å². The van der Waals surface area contributed by atoms with E-state index in [1.54, 1.807) is 37.4 Å². The average molecular weight is 310 g/mol. The number of halogens is 1. The van der Waals surface area contributed by atoms with Gasteiger partial charge in [-0.2, -0.15) is 4.31 Å². The smallest absolute Gasteiger partial charge is 0.207 e. The second kappa shape index (κ2) is 6.39. The summed E-state index contributed by atoms with van der Waals surface area (Å²) in [6, 6.07) is 17.8. The zero-order chi connectivity index (χ0) is 14.6. The fraction of sp³-hybridized carbons (Fsp3) is 0.200. The van der Waals surface area contributed by atoms with E-state index in [0.29, 0.717) is 0 Å². The molecule has 0 aliphatic rings. The molecule has 0 saturated heterocycles. The molecule has 20 heavy (non-hydrogen) atoms. The molecule has 106 valence electrons. The summed E-state index contributed by atoms with van der Waals surface area (Å²) in [6.07, 6.45) is 0. The first-order valence-corrected chi connectivity index (χ1v) is 8.10. The highest BCUT2D eigenvalue weighted by atomic mass is 35.5. The molecule has 0 N–H and O–H groups in total. The Balaban J connectivity index is 2.14. The molecule has 0 bridgehead atoms. The molecule has 2 rings (SSSR count). The number of hydrogen-bond donors (Lipinski definition) is 0. The lowest BCUT2D eigenvalue weighted by Crippen LogP contribution is -2.29. The number of likely N-dealkylation sites (N-methyl/N-ethyl adjacent to an activating group) is 1. The Morgan fingerprint density at radius 1 is 1.00 bits per heavy atom. The predicted octanol–water partition coefficient (Wildman–Crippen LogP) is 3.29. The zero-order valence-corrected chi connectivity index (χ0v) is 12.7. The van der Waals surface area contributed by atoms with Gasteiger partial charge in [0.1, 0.15) is 0 Å². The molecule has 0 aromatic heterocycles. The van der Waals surface area contributed by atoms with Crippen LogP contribution >= 0.6 is 11.6 Å². The van der Waals surface area contributed by atoms with E-state index >= 15 is 0 Å². The molecule has 0 aliphatic carbocycles. The zero-order valence-electron chi connectivity index (χ0n) is 11.1. The summed E-state index contributed by atoms with van der Waals surface area (Å²) in [6.45, 7) is 0.225. The van der Waals surface area contributed by atoms with E-state index in [1.807, 2.05) is 30.3 Å². The molecular formula is C15H16ClNO2S. The van der Waals surface area contributed by atoms with E-state index in [9.17, 15) is 8.42 Å². The molecule has 0 aliphatic heterocycles. The highest BCUT2D eigenvalue weighted by Crippen LogP contribution is 2.23. The molecule has 0 spiro atoms. The Kier molecular flexibility index (Phi) is 4.81. The third-order valence-electron chi connectivity index (χ3n) is 3.03. The van der Waals surface area contributed by atoms with Gasteiger partial charge in [-0.1, -0.05) is 48.5 Å². The minimum atomic E-state index is -3.49. The van der Waals surface area contributed by atoms with Crippen molar-refractivity contribution < 1.29 is 8.42 Å². The monoisotopic (exact) mass is 309 g/mol. The van der Waals surface area contributed by atoms with Gasteiger partial charge in [0.25, 0.3) is 0 Å². The molecular weight excluding hydrogens is 294 g/mol. The topological polar surface area (TPSA) is 37.4 Å². The Labute approximate surface area is 124 Å². The van der Waals surface area contributed by atoms with Gasteiger partial charge in [-0.25, -0.2) is 8.42 Å². The van der Waals surface area contributed by atoms with E-state index < -0.39 is 10.0 Å². The molecule has 2 aromatic carbocycles. The number of sulfonamides is 1. The van der Waals surface area contributed by atoms with Crippen molar-refractivity contribution in [1.29, 1.82) is 0 Å². The normalized spacial score (nSPS) is 13.3. The molecule has 5 heteroatoms. The van der Waals surface area contributed by atoms with Crippen molar-refractivity contribution in [3.63, 3.8) is 0 Å². The standard InChI is InChI=1S/C15H16ClNO2S/c1-17(12-15(16)13-8-4-2-5-9-13)20(18,19)14-10-6-3-7-11-14/h2-11,15H,12H2,1H3. The van der Waals surface area contributed by atoms with Crippen LogP contribution in [-0.4, -0.2) is 26.3 Å². The Bertz CT molecular complexity index is 644. The van der Waals surface area contributed by atoms with Gasteiger partial charge in [-0.15, -0.1) is 11.6 Å². The van der Waals surface area contributed by atoms with E-state index in [-0.39, 0.29) is 16.8 Å². The van der Waals surface area contributed by atoms with Crippen LogP contribution in [0.4, 0.5) is 0 Å². The van der Waals surface area contributed by atoms with Gasteiger partial charge >= 0.3 is 0 Å². The van der Waals surface area contributed by atoms with Crippen LogP contribution in [0.15, 0.2) is 65.6 Å². The van der Waals surface area contributed by atoms with Crippen molar-refractivity contribution in [3.8, 4) is 0 Å². The van der Waals surface area contributed by atoms with Gasteiger partial charge in [0.2, 0.25) is 10.0 Å². The van der Waals surface area contributed by atoms with Crippen molar-refractivity contribution in [3.05, 3.63) is 66.2 Å². The summed E-state index contributed by atoms with van der Waals surface area (Å²) >= 11 is 6.29. The molecule has 0 radical (unpaired) electrons. The predicted molar refractivity (Wildman–Crippen MR) is 81.3 cm³/mol. The third-order valence-corrected chi connectivity index (χ3v) is 5.26. The lowest BCUT2D eigenvalue weighted by molar-refractivity contribution is 0.468. The minimum Gasteiger partial charge on any atom is -0.207 e. The highest BCUT2D eigenvalue weighted by Gasteiger charge is 2.23. The maximum absolute atomic E-state index is 12.4. The van der Waals surface area contributed by atoms with Crippen LogP contribution in [-0.2, 0) is 10.0 Å². The highest BCUT2D eigenvalue weighted by molar-refractivity contribution is 7.89. The number of nitrogens with zero attached hydrogens (tertiary/aromatic N) is 1. The Morgan fingerprint density at radius 3 is 2.05 bits per heavy atom. The van der Waals surface area contributed by atoms with Crippen LogP contribution in [0.5, 0.6) is 0 Å². The van der Waals surface area contributed by atoms with Crippen molar-refractivity contribution in [2.45, 2.75) is 10.3 Å². The molecule has 0 fully saturated rings. The molecule has 0 heterocycles. The second-order valence-corrected chi connectivity index (χ2v) is 7.05. The first kappa shape index (κ1) is 15.0. The van der Waals surface area contributed by atoms with E-state index in [0.717, 1.165) is 5.56 Å². The fourth-order valence-electron chi connectivity index (χ4n) is 1.86. The molecule has 1 unspecified atom stereocenters. The maximum Gasteiger partial charge on any atom is 0.242 e. The van der Waals surface area contributed by atoms with Crippen molar-refractivity contribution >= 4 is 21.6 Å². The molecule has 3 nitrogen and oxygen atoms in total. The van der Waals surface area contributed by atoms with Gasteiger partial charge in [-0.3, -0.25) is 0 Å². The van der Waals surface area contributed by atoms with Gasteiger partial charge in [0.15, 0.2) is 0 Å². The van der Waals surface area contributed by atoms with E-state index in [4.69, 9.17) is 11.6 Å². The van der Waals surface area contributed by atoms with Gasteiger partial charge in [0, 0.05) is 13.6 Å². The average Bonchev–Trinajstić information content (AvgIpc) is 2.49. The van der Waals surface area contributed by atoms with Crippen LogP contribution in [0.25, 0.3) is 0 Å². The van der Waals surface area contributed by atoms with Crippen LogP contribution in [0.3, 0.4) is 0 Å². The number of rotatable bonds is 5. The molecule has 0 amide bonds. The maximum atomic E-state index is 12.4. The van der Waals surface area contributed by atoms with Crippen LogP contribution in [0, 0.1) is 0 Å². The first-order chi connectivity index (χ1) is 9.51. The SMILES string of the molecule is CN(CC(Cl)c1ccccc1)S(=O)(=O)c1ccccc1. The largest absolute Gasteiger partial charge is 0.242 e. The summed E-state index contributed by atoms with van der Waals surface area (Å²) < 4.78 is 26.0. The second-order valence-electron chi connectivity index (χ2n) is 4.48. The Hall–Kier alpha value is -1.36. The summed E-state index contributed by atoms with van der Waals surface area (Å²) in [5.74, 6) is 0. The number of alkyl halides is 1. The first-order valence-electron chi connectivity index (χ1n) is 6.22. The number of benzene rings is 2. The molecule has 1 atom stereocenters. The van der Waals surface area contributed by atoms with E-state index in [2.05, 4.69) is 0 Å². The molecule has 2 aromatic rings. The lowest BCUT2D eigenvalue weighted by atomic mass is 10.1. The van der Waals surface area contributed by atoms with Crippen LogP contribution < -0.4 is 0 Å². The summed E-state index contributed by atoms with van der Waals surface area (Å²) in [4.78, 5) is 0.277. The quantitative estimate of drug-likeness (QED) is 0.795. The molecule has 0 saturated carbocycles. The van der Waals surface area contributed by atoms with Crippen LogP contribution in [0.2, 0.25) is 0 Å². The van der Waals surface area contributed by atoms with Crippen molar-refractivity contribution in [2.75, 3.05) is 13.6 Å². The van der Waals surface area contributed by atoms with Crippen LogP contribution in [0.1, 0.15) is 10.9 Å². The Morgan fingerprint density at radius 2 is 1.50 bits per heavy atom. The summed E-state index contributed by atoms with van der Waals surface area (Å²) in [5, 5.41) is -0.375. The van der Waals surface area contributed by atoms with Crippen molar-refractivity contribution in [1.82, 2.24) is 4.31 Å². The summed E-state index contributed by atoms with van der Waals surface area (Å²) in [7, 11) is -1.95.